The number of hydrogen-bond donors (Lipinski definition) is 1. The number of hydrogen-bond acceptors (Lipinski definition) is 3. The number of anilines is 1. The molecule has 0 radical (unpaired) electrons. The maximum atomic E-state index is 13.3. The number of halogens is 2. The fourth-order valence-electron chi connectivity index (χ4n) is 4.04. The number of nitrogens with zero attached hydrogens (tertiary/aromatic N) is 2. The van der Waals surface area contributed by atoms with Crippen molar-refractivity contribution in [2.24, 2.45) is 12.5 Å². The molecule has 4 rings (SSSR count). The van der Waals surface area contributed by atoms with Crippen LogP contribution in [0.3, 0.4) is 0 Å². The van der Waals surface area contributed by atoms with Crippen LogP contribution in [0.5, 0.6) is 0 Å². The molecule has 7 heteroatoms. The molecule has 1 spiro atoms. The SMILES string of the molecule is Cn1cnc(C2CC3(CC(=O)C3)C2)c1C(=O)Nc1ccc(F)c(Cl)c1. The van der Waals surface area contributed by atoms with Crippen LogP contribution in [-0.2, 0) is 11.8 Å². The molecule has 2 aliphatic carbocycles. The highest BCUT2D eigenvalue weighted by Crippen LogP contribution is 2.60. The highest BCUT2D eigenvalue weighted by atomic mass is 35.5. The third kappa shape index (κ3) is 2.74. The fourth-order valence-corrected chi connectivity index (χ4v) is 4.22. The summed E-state index contributed by atoms with van der Waals surface area (Å²) < 4.78 is 14.9. The zero-order valence-corrected chi connectivity index (χ0v) is 14.4. The molecule has 0 atom stereocenters. The van der Waals surface area contributed by atoms with E-state index in [0.29, 0.717) is 30.0 Å². The first kappa shape index (κ1) is 16.3. The molecule has 1 heterocycles. The molecule has 1 aromatic carbocycles. The predicted octanol–water partition coefficient (Wildman–Crippen LogP) is 3.69. The molecule has 0 aliphatic heterocycles. The summed E-state index contributed by atoms with van der Waals surface area (Å²) in [6.45, 7) is 0. The lowest BCUT2D eigenvalue weighted by Crippen LogP contribution is -2.47. The fraction of sp³-hybridized carbons (Fsp3) is 0.389. The quantitative estimate of drug-likeness (QED) is 0.906. The number of nitrogens with one attached hydrogen (secondary N) is 1. The van der Waals surface area contributed by atoms with E-state index in [2.05, 4.69) is 10.3 Å². The van der Waals surface area contributed by atoms with Crippen LogP contribution in [-0.4, -0.2) is 21.2 Å². The molecule has 0 bridgehead atoms. The molecule has 25 heavy (non-hydrogen) atoms. The minimum Gasteiger partial charge on any atom is -0.329 e. The highest BCUT2D eigenvalue weighted by molar-refractivity contribution is 6.31. The number of imidazole rings is 1. The van der Waals surface area contributed by atoms with Gasteiger partial charge in [-0.2, -0.15) is 0 Å². The van der Waals surface area contributed by atoms with E-state index in [1.54, 1.807) is 17.9 Å². The number of ketones is 1. The average Bonchev–Trinajstić information content (AvgIpc) is 2.86. The number of Topliss-reactive ketones (excluding diaryl/α,β-unsaturated/α-hetero) is 1. The second-order valence-corrected chi connectivity index (χ2v) is 7.58. The van der Waals surface area contributed by atoms with Crippen molar-refractivity contribution in [3.05, 3.63) is 46.8 Å². The van der Waals surface area contributed by atoms with Gasteiger partial charge in [0.1, 0.15) is 17.3 Å². The van der Waals surface area contributed by atoms with Gasteiger partial charge in [-0.05, 0) is 36.5 Å². The maximum Gasteiger partial charge on any atom is 0.274 e. The van der Waals surface area contributed by atoms with E-state index in [1.165, 1.54) is 18.2 Å². The van der Waals surface area contributed by atoms with E-state index in [1.807, 2.05) is 0 Å². The van der Waals surface area contributed by atoms with Gasteiger partial charge in [-0.1, -0.05) is 11.6 Å². The number of aryl methyl sites for hydroxylation is 1. The lowest BCUT2D eigenvalue weighted by atomic mass is 9.50. The maximum absolute atomic E-state index is 13.3. The molecule has 130 valence electrons. The van der Waals surface area contributed by atoms with Crippen molar-refractivity contribution in [1.82, 2.24) is 9.55 Å². The van der Waals surface area contributed by atoms with Crippen molar-refractivity contribution in [1.29, 1.82) is 0 Å². The van der Waals surface area contributed by atoms with Crippen LogP contribution < -0.4 is 5.32 Å². The Morgan fingerprint density at radius 2 is 2.12 bits per heavy atom. The van der Waals surface area contributed by atoms with E-state index >= 15 is 0 Å². The van der Waals surface area contributed by atoms with Crippen molar-refractivity contribution in [3.63, 3.8) is 0 Å². The van der Waals surface area contributed by atoms with Crippen LogP contribution in [0.15, 0.2) is 24.5 Å². The zero-order chi connectivity index (χ0) is 17.8. The second kappa shape index (κ2) is 5.66. The summed E-state index contributed by atoms with van der Waals surface area (Å²) in [4.78, 5) is 28.4. The molecule has 1 amide bonds. The first-order chi connectivity index (χ1) is 11.9. The summed E-state index contributed by atoms with van der Waals surface area (Å²) in [5.41, 5.74) is 1.83. The molecule has 0 saturated heterocycles. The molecular formula is C18H17ClFN3O2. The number of benzene rings is 1. The summed E-state index contributed by atoms with van der Waals surface area (Å²) in [6.07, 6.45) is 4.74. The van der Waals surface area contributed by atoms with Gasteiger partial charge in [0, 0.05) is 31.5 Å². The highest BCUT2D eigenvalue weighted by Gasteiger charge is 2.54. The van der Waals surface area contributed by atoms with Gasteiger partial charge < -0.3 is 9.88 Å². The van der Waals surface area contributed by atoms with E-state index in [-0.39, 0.29) is 22.3 Å². The number of rotatable bonds is 3. The minimum absolute atomic E-state index is 0.0429. The standard InChI is InChI=1S/C18H17ClFN3O2/c1-23-9-21-15(10-5-18(6-10)7-12(24)8-18)16(23)17(25)22-11-2-3-14(20)13(19)4-11/h2-4,9-10H,5-8H2,1H3,(H,22,25). The Labute approximate surface area is 149 Å². The average molecular weight is 362 g/mol. The topological polar surface area (TPSA) is 64.0 Å². The van der Waals surface area contributed by atoms with E-state index in [4.69, 9.17) is 11.6 Å². The van der Waals surface area contributed by atoms with Crippen LogP contribution in [0.4, 0.5) is 10.1 Å². The Balaban J connectivity index is 1.52. The molecular weight excluding hydrogens is 345 g/mol. The predicted molar refractivity (Wildman–Crippen MR) is 91.2 cm³/mol. The van der Waals surface area contributed by atoms with Crippen molar-refractivity contribution in [2.45, 2.75) is 31.6 Å². The van der Waals surface area contributed by atoms with Crippen LogP contribution in [0.2, 0.25) is 5.02 Å². The molecule has 1 N–H and O–H groups in total. The number of carbonyl (C=O) groups excluding carboxylic acids is 2. The molecule has 2 aliphatic rings. The van der Waals surface area contributed by atoms with Crippen molar-refractivity contribution < 1.29 is 14.0 Å². The van der Waals surface area contributed by atoms with Crippen molar-refractivity contribution in [2.75, 3.05) is 5.32 Å². The van der Waals surface area contributed by atoms with Crippen molar-refractivity contribution in [3.8, 4) is 0 Å². The first-order valence-electron chi connectivity index (χ1n) is 8.16. The number of aromatic nitrogens is 2. The summed E-state index contributed by atoms with van der Waals surface area (Å²) in [5.74, 6) is -0.309. The summed E-state index contributed by atoms with van der Waals surface area (Å²) >= 11 is 5.76. The second-order valence-electron chi connectivity index (χ2n) is 7.17. The molecule has 1 aromatic heterocycles. The van der Waals surface area contributed by atoms with E-state index < -0.39 is 5.82 Å². The van der Waals surface area contributed by atoms with Gasteiger partial charge in [0.25, 0.3) is 5.91 Å². The number of carbonyl (C=O) groups is 2. The van der Waals surface area contributed by atoms with Gasteiger partial charge in [0.05, 0.1) is 17.0 Å². The van der Waals surface area contributed by atoms with Gasteiger partial charge in [-0.3, -0.25) is 9.59 Å². The molecule has 0 unspecified atom stereocenters. The van der Waals surface area contributed by atoms with Gasteiger partial charge in [0.15, 0.2) is 0 Å². The monoisotopic (exact) mass is 361 g/mol. The van der Waals surface area contributed by atoms with Crippen LogP contribution in [0.1, 0.15) is 47.8 Å². The Bertz CT molecular complexity index is 876. The van der Waals surface area contributed by atoms with E-state index in [0.717, 1.165) is 18.5 Å². The van der Waals surface area contributed by atoms with Gasteiger partial charge in [-0.15, -0.1) is 0 Å². The molecule has 2 aromatic rings. The van der Waals surface area contributed by atoms with Crippen LogP contribution in [0.25, 0.3) is 0 Å². The lowest BCUT2D eigenvalue weighted by molar-refractivity contribution is -0.139. The van der Waals surface area contributed by atoms with Gasteiger partial charge in [-0.25, -0.2) is 9.37 Å². The normalized spacial score (nSPS) is 18.8. The summed E-state index contributed by atoms with van der Waals surface area (Å²) in [5, 5.41) is 2.70. The van der Waals surface area contributed by atoms with Crippen molar-refractivity contribution >= 4 is 29.0 Å². The first-order valence-corrected chi connectivity index (χ1v) is 8.54. The number of amides is 1. The Kier molecular flexibility index (Phi) is 3.68. The Morgan fingerprint density at radius 3 is 2.76 bits per heavy atom. The van der Waals surface area contributed by atoms with Gasteiger partial charge >= 0.3 is 0 Å². The molecule has 5 nitrogen and oxygen atoms in total. The Hall–Kier alpha value is -2.21. The third-order valence-electron chi connectivity index (χ3n) is 5.25. The van der Waals surface area contributed by atoms with Crippen LogP contribution in [0, 0.1) is 11.2 Å². The van der Waals surface area contributed by atoms with E-state index in [9.17, 15) is 14.0 Å². The summed E-state index contributed by atoms with van der Waals surface area (Å²) in [6, 6.07) is 4.06. The largest absolute Gasteiger partial charge is 0.329 e. The van der Waals surface area contributed by atoms with Crippen LogP contribution >= 0.6 is 11.6 Å². The minimum atomic E-state index is -0.532. The third-order valence-corrected chi connectivity index (χ3v) is 5.54. The molecule has 2 saturated carbocycles. The molecule has 2 fully saturated rings. The lowest BCUT2D eigenvalue weighted by Gasteiger charge is -2.52. The smallest absolute Gasteiger partial charge is 0.274 e. The van der Waals surface area contributed by atoms with Gasteiger partial charge in [0.2, 0.25) is 0 Å². The summed E-state index contributed by atoms with van der Waals surface area (Å²) in [7, 11) is 1.77. The zero-order valence-electron chi connectivity index (χ0n) is 13.7. The Morgan fingerprint density at radius 1 is 1.40 bits per heavy atom.